The number of benzene rings is 1. The first kappa shape index (κ1) is 8.32. The summed E-state index contributed by atoms with van der Waals surface area (Å²) in [7, 11) is 0. The number of aromatic nitrogens is 1. The summed E-state index contributed by atoms with van der Waals surface area (Å²) in [6.07, 6.45) is 1.71. The second-order valence-electron chi connectivity index (χ2n) is 2.98. The molecule has 0 radical (unpaired) electrons. The first-order chi connectivity index (χ1) is 6.18. The maximum absolute atomic E-state index is 9.47. The van der Waals surface area contributed by atoms with Crippen LogP contribution in [0.1, 0.15) is 5.56 Å². The number of fused-ring (bicyclic) bond motifs is 1. The van der Waals surface area contributed by atoms with Crippen LogP contribution in [0.25, 0.3) is 10.9 Å². The Morgan fingerprint density at radius 1 is 1.38 bits per heavy atom. The van der Waals surface area contributed by atoms with Crippen molar-refractivity contribution >= 4 is 22.5 Å². The van der Waals surface area contributed by atoms with Crippen LogP contribution in [0.15, 0.2) is 24.4 Å². The zero-order valence-electron chi connectivity index (χ0n) is 7.08. The van der Waals surface area contributed by atoms with Gasteiger partial charge in [-0.3, -0.25) is 4.98 Å². The molecule has 66 valence electrons. The van der Waals surface area contributed by atoms with E-state index in [-0.39, 0.29) is 5.75 Å². The summed E-state index contributed by atoms with van der Waals surface area (Å²) in [6, 6.07) is 5.12. The lowest BCUT2D eigenvalue weighted by molar-refractivity contribution is 0.480. The van der Waals surface area contributed by atoms with Gasteiger partial charge < -0.3 is 5.11 Å². The van der Waals surface area contributed by atoms with E-state index in [4.69, 9.17) is 11.6 Å². The molecule has 0 fully saturated rings. The summed E-state index contributed by atoms with van der Waals surface area (Å²) >= 11 is 5.95. The van der Waals surface area contributed by atoms with Gasteiger partial charge >= 0.3 is 0 Å². The summed E-state index contributed by atoms with van der Waals surface area (Å²) in [4.78, 5) is 4.11. The third-order valence-corrected chi connectivity index (χ3v) is 2.24. The van der Waals surface area contributed by atoms with Gasteiger partial charge in [-0.2, -0.15) is 0 Å². The Morgan fingerprint density at radius 3 is 2.92 bits per heavy atom. The van der Waals surface area contributed by atoms with Crippen LogP contribution >= 0.6 is 11.6 Å². The predicted octanol–water partition coefficient (Wildman–Crippen LogP) is 2.90. The molecule has 0 bridgehead atoms. The van der Waals surface area contributed by atoms with Crippen molar-refractivity contribution in [3.63, 3.8) is 0 Å². The molecule has 2 rings (SSSR count). The Morgan fingerprint density at radius 2 is 2.15 bits per heavy atom. The second kappa shape index (κ2) is 2.89. The van der Waals surface area contributed by atoms with Gasteiger partial charge in [0.25, 0.3) is 0 Å². The molecule has 0 amide bonds. The zero-order valence-corrected chi connectivity index (χ0v) is 7.84. The van der Waals surface area contributed by atoms with E-state index >= 15 is 0 Å². The molecule has 13 heavy (non-hydrogen) atoms. The van der Waals surface area contributed by atoms with Crippen LogP contribution in [0.2, 0.25) is 5.02 Å². The van der Waals surface area contributed by atoms with Crippen molar-refractivity contribution in [2.45, 2.75) is 6.92 Å². The normalized spacial score (nSPS) is 10.6. The highest BCUT2D eigenvalue weighted by molar-refractivity contribution is 6.35. The topological polar surface area (TPSA) is 33.1 Å². The first-order valence-corrected chi connectivity index (χ1v) is 4.30. The minimum atomic E-state index is 0.166. The lowest BCUT2D eigenvalue weighted by Crippen LogP contribution is -1.82. The Balaban J connectivity index is 2.92. The van der Waals surface area contributed by atoms with Crippen LogP contribution in [-0.2, 0) is 0 Å². The van der Waals surface area contributed by atoms with Gasteiger partial charge in [-0.1, -0.05) is 11.6 Å². The Labute approximate surface area is 80.8 Å². The van der Waals surface area contributed by atoms with Gasteiger partial charge in [0.05, 0.1) is 5.02 Å². The molecule has 2 aromatic rings. The number of rotatable bonds is 0. The van der Waals surface area contributed by atoms with Crippen LogP contribution in [0.3, 0.4) is 0 Å². The molecule has 3 heteroatoms. The number of halogens is 1. The number of hydrogen-bond donors (Lipinski definition) is 1. The van der Waals surface area contributed by atoms with E-state index in [1.165, 1.54) is 0 Å². The van der Waals surface area contributed by atoms with Crippen LogP contribution in [-0.4, -0.2) is 10.1 Å². The Kier molecular flexibility index (Phi) is 1.85. The minimum absolute atomic E-state index is 0.166. The van der Waals surface area contributed by atoms with Crippen molar-refractivity contribution in [2.75, 3.05) is 0 Å². The molecule has 0 atom stereocenters. The average Bonchev–Trinajstić information content (AvgIpc) is 2.12. The molecule has 2 nitrogen and oxygen atoms in total. The number of phenolic OH excluding ortho intramolecular Hbond substituents is 1. The van der Waals surface area contributed by atoms with Crippen LogP contribution in [0, 0.1) is 6.92 Å². The fraction of sp³-hybridized carbons (Fsp3) is 0.100. The average molecular weight is 194 g/mol. The SMILES string of the molecule is Cc1cnc2c(O)ccc(Cl)c2c1. The highest BCUT2D eigenvalue weighted by atomic mass is 35.5. The molecule has 0 aliphatic carbocycles. The Bertz CT molecular complexity index is 468. The largest absolute Gasteiger partial charge is 0.506 e. The molecule has 0 spiro atoms. The quantitative estimate of drug-likeness (QED) is 0.698. The summed E-state index contributed by atoms with van der Waals surface area (Å²) in [5, 5.41) is 10.9. The third-order valence-electron chi connectivity index (χ3n) is 1.91. The number of hydrogen-bond acceptors (Lipinski definition) is 2. The standard InChI is InChI=1S/C10H8ClNO/c1-6-4-7-8(11)2-3-9(13)10(7)12-5-6/h2-5,13H,1H3. The van der Waals surface area contributed by atoms with E-state index in [1.54, 1.807) is 18.3 Å². The molecule has 1 heterocycles. The molecule has 1 aromatic carbocycles. The molecule has 0 saturated carbocycles. The van der Waals surface area contributed by atoms with Gasteiger partial charge in [0.2, 0.25) is 0 Å². The zero-order chi connectivity index (χ0) is 9.42. The van der Waals surface area contributed by atoms with Gasteiger partial charge in [0.1, 0.15) is 11.3 Å². The number of pyridine rings is 1. The highest BCUT2D eigenvalue weighted by Crippen LogP contribution is 2.29. The fourth-order valence-corrected chi connectivity index (χ4v) is 1.48. The molecule has 0 unspecified atom stereocenters. The van der Waals surface area contributed by atoms with Crippen molar-refractivity contribution in [3.8, 4) is 5.75 Å². The fourth-order valence-electron chi connectivity index (χ4n) is 1.28. The highest BCUT2D eigenvalue weighted by Gasteiger charge is 2.04. The van der Waals surface area contributed by atoms with Crippen LogP contribution < -0.4 is 0 Å². The van der Waals surface area contributed by atoms with Crippen molar-refractivity contribution in [1.29, 1.82) is 0 Å². The molecule has 0 saturated heterocycles. The van der Waals surface area contributed by atoms with Crippen LogP contribution in [0.4, 0.5) is 0 Å². The van der Waals surface area contributed by atoms with Gasteiger partial charge in [-0.25, -0.2) is 0 Å². The van der Waals surface area contributed by atoms with Gasteiger partial charge in [-0.05, 0) is 30.7 Å². The van der Waals surface area contributed by atoms with Crippen LogP contribution in [0.5, 0.6) is 5.75 Å². The molecular weight excluding hydrogens is 186 g/mol. The maximum Gasteiger partial charge on any atom is 0.141 e. The monoisotopic (exact) mass is 193 g/mol. The van der Waals surface area contributed by atoms with E-state index in [9.17, 15) is 5.11 Å². The summed E-state index contributed by atoms with van der Waals surface area (Å²) in [6.45, 7) is 1.94. The van der Waals surface area contributed by atoms with Gasteiger partial charge in [-0.15, -0.1) is 0 Å². The van der Waals surface area contributed by atoms with E-state index in [2.05, 4.69) is 4.98 Å². The van der Waals surface area contributed by atoms with Gasteiger partial charge in [0.15, 0.2) is 0 Å². The second-order valence-corrected chi connectivity index (χ2v) is 3.38. The molecule has 0 aliphatic heterocycles. The molecule has 1 aromatic heterocycles. The summed E-state index contributed by atoms with van der Waals surface area (Å²) in [5.74, 6) is 0.166. The van der Waals surface area contributed by atoms with Crippen molar-refractivity contribution < 1.29 is 5.11 Å². The molecule has 1 N–H and O–H groups in total. The van der Waals surface area contributed by atoms with Crippen molar-refractivity contribution in [3.05, 3.63) is 35.0 Å². The van der Waals surface area contributed by atoms with Crippen molar-refractivity contribution in [2.24, 2.45) is 0 Å². The number of aromatic hydroxyl groups is 1. The summed E-state index contributed by atoms with van der Waals surface area (Å²) < 4.78 is 0. The number of phenols is 1. The van der Waals surface area contributed by atoms with E-state index in [1.807, 2.05) is 13.0 Å². The summed E-state index contributed by atoms with van der Waals surface area (Å²) in [5.41, 5.74) is 1.58. The van der Waals surface area contributed by atoms with E-state index in [0.717, 1.165) is 10.9 Å². The third kappa shape index (κ3) is 1.33. The number of nitrogens with zero attached hydrogens (tertiary/aromatic N) is 1. The van der Waals surface area contributed by atoms with Crippen molar-refractivity contribution in [1.82, 2.24) is 4.98 Å². The Hall–Kier alpha value is -1.28. The molecule has 0 aliphatic rings. The molecular formula is C10H8ClNO. The lowest BCUT2D eigenvalue weighted by Gasteiger charge is -2.02. The first-order valence-electron chi connectivity index (χ1n) is 3.92. The maximum atomic E-state index is 9.47. The van der Waals surface area contributed by atoms with E-state index < -0.39 is 0 Å². The lowest BCUT2D eigenvalue weighted by atomic mass is 10.1. The minimum Gasteiger partial charge on any atom is -0.506 e. The predicted molar refractivity (Wildman–Crippen MR) is 53.2 cm³/mol. The van der Waals surface area contributed by atoms with E-state index in [0.29, 0.717) is 10.5 Å². The number of aryl methyl sites for hydroxylation is 1. The van der Waals surface area contributed by atoms with Gasteiger partial charge in [0, 0.05) is 11.6 Å². The smallest absolute Gasteiger partial charge is 0.141 e.